The number of carbonyl (C=O) groups excluding carboxylic acids is 1. The molecule has 2 N–H and O–H groups in total. The SMILES string of the molecule is O=C(/C=C/c1ccccc1O)c1ccc(Nc2cc(=O)oc3ccccc23)cc1. The maximum Gasteiger partial charge on any atom is 0.338 e. The van der Waals surface area contributed by atoms with Crippen molar-refractivity contribution in [3.8, 4) is 5.75 Å². The number of rotatable bonds is 5. The minimum atomic E-state index is -0.438. The molecule has 0 fully saturated rings. The third-order valence-corrected chi connectivity index (χ3v) is 4.45. The van der Waals surface area contributed by atoms with Crippen LogP contribution in [0.25, 0.3) is 17.0 Å². The summed E-state index contributed by atoms with van der Waals surface area (Å²) in [5.41, 5.74) is 2.53. The van der Waals surface area contributed by atoms with Crippen LogP contribution in [0.3, 0.4) is 0 Å². The van der Waals surface area contributed by atoms with Crippen molar-refractivity contribution in [3.63, 3.8) is 0 Å². The molecule has 0 amide bonds. The fourth-order valence-corrected chi connectivity index (χ4v) is 2.98. The van der Waals surface area contributed by atoms with Gasteiger partial charge < -0.3 is 14.8 Å². The molecule has 0 saturated heterocycles. The quantitative estimate of drug-likeness (QED) is 0.283. The first kappa shape index (κ1) is 18.3. The minimum absolute atomic E-state index is 0.121. The number of carbonyl (C=O) groups is 1. The Kier molecular flexibility index (Phi) is 4.95. The van der Waals surface area contributed by atoms with Crippen LogP contribution in [-0.2, 0) is 0 Å². The molecule has 0 aliphatic rings. The molecule has 3 aromatic carbocycles. The molecule has 29 heavy (non-hydrogen) atoms. The molecule has 1 heterocycles. The van der Waals surface area contributed by atoms with Crippen LogP contribution < -0.4 is 10.9 Å². The number of aromatic hydroxyl groups is 1. The van der Waals surface area contributed by atoms with E-state index in [1.807, 2.05) is 12.1 Å². The monoisotopic (exact) mass is 383 g/mol. The first-order chi connectivity index (χ1) is 14.1. The molecule has 5 heteroatoms. The van der Waals surface area contributed by atoms with Crippen LogP contribution in [0, 0.1) is 0 Å². The molecule has 0 unspecified atom stereocenters. The van der Waals surface area contributed by atoms with E-state index in [1.54, 1.807) is 66.7 Å². The van der Waals surface area contributed by atoms with Gasteiger partial charge in [-0.2, -0.15) is 0 Å². The number of fused-ring (bicyclic) bond motifs is 1. The second-order valence-corrected chi connectivity index (χ2v) is 6.43. The number of allylic oxidation sites excluding steroid dienone is 1. The summed E-state index contributed by atoms with van der Waals surface area (Å²) in [6, 6.07) is 22.4. The average molecular weight is 383 g/mol. The summed E-state index contributed by atoms with van der Waals surface area (Å²) in [6.45, 7) is 0. The Bertz CT molecular complexity index is 1270. The van der Waals surface area contributed by atoms with E-state index in [1.165, 1.54) is 12.1 Å². The number of hydrogen-bond acceptors (Lipinski definition) is 5. The number of benzene rings is 3. The summed E-state index contributed by atoms with van der Waals surface area (Å²) in [4.78, 5) is 24.1. The molecule has 0 radical (unpaired) electrons. The van der Waals surface area contributed by atoms with Gasteiger partial charge in [0.15, 0.2) is 5.78 Å². The van der Waals surface area contributed by atoms with E-state index in [4.69, 9.17) is 4.42 Å². The summed E-state index contributed by atoms with van der Waals surface area (Å²) in [5, 5.41) is 13.8. The van der Waals surface area contributed by atoms with Crippen molar-refractivity contribution >= 4 is 34.2 Å². The van der Waals surface area contributed by atoms with E-state index in [0.29, 0.717) is 22.4 Å². The molecule has 0 saturated carbocycles. The molecule has 0 atom stereocenters. The van der Waals surface area contributed by atoms with Gasteiger partial charge in [-0.25, -0.2) is 4.79 Å². The van der Waals surface area contributed by atoms with Crippen molar-refractivity contribution in [1.82, 2.24) is 0 Å². The highest BCUT2D eigenvalue weighted by Crippen LogP contribution is 2.25. The summed E-state index contributed by atoms with van der Waals surface area (Å²) in [5.74, 6) is -0.0544. The van der Waals surface area contributed by atoms with Gasteiger partial charge in [0, 0.05) is 28.3 Å². The highest BCUT2D eigenvalue weighted by molar-refractivity contribution is 6.07. The summed E-state index contributed by atoms with van der Waals surface area (Å²) in [7, 11) is 0. The number of ketones is 1. The number of phenols is 1. The molecular weight excluding hydrogens is 366 g/mol. The largest absolute Gasteiger partial charge is 0.507 e. The lowest BCUT2D eigenvalue weighted by Gasteiger charge is -2.09. The van der Waals surface area contributed by atoms with Crippen molar-refractivity contribution in [1.29, 1.82) is 0 Å². The van der Waals surface area contributed by atoms with Crippen molar-refractivity contribution < 1.29 is 14.3 Å². The van der Waals surface area contributed by atoms with E-state index < -0.39 is 5.63 Å². The number of para-hydroxylation sites is 2. The van der Waals surface area contributed by atoms with Crippen LogP contribution >= 0.6 is 0 Å². The van der Waals surface area contributed by atoms with E-state index >= 15 is 0 Å². The van der Waals surface area contributed by atoms with Gasteiger partial charge in [0.25, 0.3) is 0 Å². The number of anilines is 2. The number of nitrogens with one attached hydrogen (secondary N) is 1. The Hall–Kier alpha value is -4.12. The van der Waals surface area contributed by atoms with Gasteiger partial charge in [0.05, 0.1) is 5.69 Å². The maximum atomic E-state index is 12.4. The van der Waals surface area contributed by atoms with Crippen LogP contribution in [-0.4, -0.2) is 10.9 Å². The van der Waals surface area contributed by atoms with Gasteiger partial charge in [-0.05, 0) is 54.6 Å². The Labute approximate surface area is 166 Å². The maximum absolute atomic E-state index is 12.4. The van der Waals surface area contributed by atoms with Crippen LogP contribution in [0.4, 0.5) is 11.4 Å². The summed E-state index contributed by atoms with van der Waals surface area (Å²) < 4.78 is 5.20. The number of phenolic OH excluding ortho intramolecular Hbond substituents is 1. The lowest BCUT2D eigenvalue weighted by Crippen LogP contribution is -2.01. The van der Waals surface area contributed by atoms with Crippen molar-refractivity contribution in [2.75, 3.05) is 5.32 Å². The van der Waals surface area contributed by atoms with E-state index in [2.05, 4.69) is 5.32 Å². The van der Waals surface area contributed by atoms with E-state index in [-0.39, 0.29) is 11.5 Å². The van der Waals surface area contributed by atoms with Gasteiger partial charge in [-0.1, -0.05) is 30.3 Å². The molecule has 4 aromatic rings. The molecule has 0 aliphatic carbocycles. The standard InChI is InChI=1S/C24H17NO4/c26-21-7-3-1-5-16(21)11-14-22(27)17-9-12-18(13-10-17)25-20-15-24(28)29-23-8-4-2-6-19(20)23/h1-15,25-26H/b14-11+. The van der Waals surface area contributed by atoms with Crippen LogP contribution in [0.1, 0.15) is 15.9 Å². The predicted octanol–water partition coefficient (Wildman–Crippen LogP) is 5.14. The topological polar surface area (TPSA) is 79.5 Å². The zero-order valence-electron chi connectivity index (χ0n) is 15.3. The minimum Gasteiger partial charge on any atom is -0.507 e. The molecule has 4 rings (SSSR count). The van der Waals surface area contributed by atoms with Crippen molar-refractivity contribution in [2.24, 2.45) is 0 Å². The molecule has 1 aromatic heterocycles. The highest BCUT2D eigenvalue weighted by atomic mass is 16.4. The molecule has 142 valence electrons. The first-order valence-corrected chi connectivity index (χ1v) is 9.00. The van der Waals surface area contributed by atoms with Crippen molar-refractivity contribution in [3.05, 3.63) is 106 Å². The highest BCUT2D eigenvalue weighted by Gasteiger charge is 2.07. The Morgan fingerprint density at radius 2 is 1.66 bits per heavy atom. The van der Waals surface area contributed by atoms with Gasteiger partial charge in [0.2, 0.25) is 0 Å². The van der Waals surface area contributed by atoms with E-state index in [9.17, 15) is 14.7 Å². The summed E-state index contributed by atoms with van der Waals surface area (Å²) in [6.07, 6.45) is 3.01. The van der Waals surface area contributed by atoms with Gasteiger partial charge in [-0.3, -0.25) is 4.79 Å². The third-order valence-electron chi connectivity index (χ3n) is 4.45. The predicted molar refractivity (Wildman–Crippen MR) is 114 cm³/mol. The van der Waals surface area contributed by atoms with Crippen LogP contribution in [0.15, 0.2) is 94.2 Å². The Morgan fingerprint density at radius 3 is 2.45 bits per heavy atom. The Morgan fingerprint density at radius 1 is 0.931 bits per heavy atom. The van der Waals surface area contributed by atoms with E-state index in [0.717, 1.165) is 11.1 Å². The molecule has 0 bridgehead atoms. The zero-order valence-corrected chi connectivity index (χ0v) is 15.3. The van der Waals surface area contributed by atoms with Gasteiger partial charge in [0.1, 0.15) is 11.3 Å². The van der Waals surface area contributed by atoms with Crippen LogP contribution in [0.5, 0.6) is 5.75 Å². The van der Waals surface area contributed by atoms with Crippen LogP contribution in [0.2, 0.25) is 0 Å². The fraction of sp³-hybridized carbons (Fsp3) is 0. The second kappa shape index (κ2) is 7.86. The zero-order chi connectivity index (χ0) is 20.2. The smallest absolute Gasteiger partial charge is 0.338 e. The lowest BCUT2D eigenvalue weighted by atomic mass is 10.1. The lowest BCUT2D eigenvalue weighted by molar-refractivity contribution is 0.104. The second-order valence-electron chi connectivity index (χ2n) is 6.43. The van der Waals surface area contributed by atoms with Gasteiger partial charge in [-0.15, -0.1) is 0 Å². The third kappa shape index (κ3) is 4.09. The molecule has 0 aliphatic heterocycles. The van der Waals surface area contributed by atoms with Crippen molar-refractivity contribution in [2.45, 2.75) is 0 Å². The number of hydrogen-bond donors (Lipinski definition) is 2. The molecule has 5 nitrogen and oxygen atoms in total. The summed E-state index contributed by atoms with van der Waals surface area (Å²) >= 11 is 0. The first-order valence-electron chi connectivity index (χ1n) is 9.00. The normalized spacial score (nSPS) is 11.0. The fourth-order valence-electron chi connectivity index (χ4n) is 2.98. The molecular formula is C24H17NO4. The molecule has 0 spiro atoms. The average Bonchev–Trinajstić information content (AvgIpc) is 2.73. The Balaban J connectivity index is 1.54. The van der Waals surface area contributed by atoms with Gasteiger partial charge >= 0.3 is 5.63 Å².